The lowest BCUT2D eigenvalue weighted by Crippen LogP contribution is -2.39. The highest BCUT2D eigenvalue weighted by Crippen LogP contribution is 2.27. The molecule has 0 fully saturated rings. The first-order valence-corrected chi connectivity index (χ1v) is 11.1. The normalized spacial score (nSPS) is 12.0. The molecule has 6 heteroatoms. The molecule has 152 valence electrons. The lowest BCUT2D eigenvalue weighted by atomic mass is 10.1. The van der Waals surface area contributed by atoms with E-state index in [-0.39, 0.29) is 11.7 Å². The van der Waals surface area contributed by atoms with Gasteiger partial charge in [0, 0.05) is 34.0 Å². The molecule has 3 aromatic carbocycles. The third kappa shape index (κ3) is 5.64. The van der Waals surface area contributed by atoms with Gasteiger partial charge in [-0.1, -0.05) is 61.0 Å². The molecule has 1 N–H and O–H groups in total. The SMILES string of the molecule is CC[C@@H](Oc1cccc2ccccc12)C(=O)NCCSCc1c(F)cccc1Cl. The number of carbonyl (C=O) groups excluding carboxylic acids is 1. The number of hydrogen-bond donors (Lipinski definition) is 1. The number of hydrogen-bond acceptors (Lipinski definition) is 3. The fourth-order valence-electron chi connectivity index (χ4n) is 2.98. The van der Waals surface area contributed by atoms with Crippen molar-refractivity contribution in [1.82, 2.24) is 5.32 Å². The number of amides is 1. The molecule has 0 bridgehead atoms. The van der Waals surface area contributed by atoms with Gasteiger partial charge in [0.2, 0.25) is 0 Å². The van der Waals surface area contributed by atoms with E-state index in [4.69, 9.17) is 16.3 Å². The molecule has 0 aromatic heterocycles. The number of halogens is 2. The van der Waals surface area contributed by atoms with Crippen LogP contribution in [0.15, 0.2) is 60.7 Å². The molecule has 0 aliphatic heterocycles. The zero-order chi connectivity index (χ0) is 20.6. The predicted molar refractivity (Wildman–Crippen MR) is 119 cm³/mol. The topological polar surface area (TPSA) is 38.3 Å². The van der Waals surface area contributed by atoms with E-state index in [2.05, 4.69) is 5.32 Å². The predicted octanol–water partition coefficient (Wildman–Crippen LogP) is 5.84. The number of thioether (sulfide) groups is 1. The molecule has 0 saturated carbocycles. The highest BCUT2D eigenvalue weighted by atomic mass is 35.5. The zero-order valence-corrected chi connectivity index (χ0v) is 17.7. The summed E-state index contributed by atoms with van der Waals surface area (Å²) in [7, 11) is 0. The van der Waals surface area contributed by atoms with Gasteiger partial charge in [-0.05, 0) is 30.0 Å². The first-order valence-electron chi connectivity index (χ1n) is 9.53. The third-order valence-corrected chi connectivity index (χ3v) is 5.88. The van der Waals surface area contributed by atoms with E-state index >= 15 is 0 Å². The zero-order valence-electron chi connectivity index (χ0n) is 16.2. The molecule has 1 atom stereocenters. The number of carbonyl (C=O) groups is 1. The van der Waals surface area contributed by atoms with Crippen LogP contribution in [0.2, 0.25) is 5.02 Å². The summed E-state index contributed by atoms with van der Waals surface area (Å²) >= 11 is 7.55. The summed E-state index contributed by atoms with van der Waals surface area (Å²) in [5.41, 5.74) is 0.496. The molecule has 0 aliphatic carbocycles. The first kappa shape index (κ1) is 21.5. The van der Waals surface area contributed by atoms with Crippen LogP contribution in [-0.2, 0) is 10.5 Å². The Labute approximate surface area is 179 Å². The molecule has 3 nitrogen and oxygen atoms in total. The van der Waals surface area contributed by atoms with Crippen LogP contribution >= 0.6 is 23.4 Å². The van der Waals surface area contributed by atoms with Crippen molar-refractivity contribution in [2.45, 2.75) is 25.2 Å². The quantitative estimate of drug-likeness (QED) is 0.432. The Morgan fingerprint density at radius 2 is 1.90 bits per heavy atom. The Bertz CT molecular complexity index is 957. The van der Waals surface area contributed by atoms with Crippen LogP contribution in [0.4, 0.5) is 4.39 Å². The molecular weight excluding hydrogens is 409 g/mol. The van der Waals surface area contributed by atoms with Crippen LogP contribution in [0.3, 0.4) is 0 Å². The minimum Gasteiger partial charge on any atom is -0.480 e. The second kappa shape index (κ2) is 10.5. The smallest absolute Gasteiger partial charge is 0.261 e. The molecule has 3 aromatic rings. The Morgan fingerprint density at radius 1 is 1.14 bits per heavy atom. The van der Waals surface area contributed by atoms with Crippen molar-refractivity contribution in [2.24, 2.45) is 0 Å². The molecule has 1 amide bonds. The highest BCUT2D eigenvalue weighted by Gasteiger charge is 2.19. The maximum atomic E-state index is 13.8. The molecule has 0 unspecified atom stereocenters. The minimum absolute atomic E-state index is 0.148. The van der Waals surface area contributed by atoms with E-state index in [1.165, 1.54) is 17.8 Å². The van der Waals surface area contributed by atoms with Crippen molar-refractivity contribution in [2.75, 3.05) is 12.3 Å². The minimum atomic E-state index is -0.563. The van der Waals surface area contributed by atoms with Crippen molar-refractivity contribution in [3.63, 3.8) is 0 Å². The molecule has 0 saturated heterocycles. The number of ether oxygens (including phenoxy) is 1. The van der Waals surface area contributed by atoms with Gasteiger partial charge in [0.1, 0.15) is 11.6 Å². The van der Waals surface area contributed by atoms with Crippen LogP contribution in [0, 0.1) is 5.82 Å². The van der Waals surface area contributed by atoms with Gasteiger partial charge >= 0.3 is 0 Å². The van der Waals surface area contributed by atoms with Gasteiger partial charge in [-0.25, -0.2) is 4.39 Å². The summed E-state index contributed by atoms with van der Waals surface area (Å²) in [6, 6.07) is 18.4. The molecule has 0 radical (unpaired) electrons. The highest BCUT2D eigenvalue weighted by molar-refractivity contribution is 7.98. The third-order valence-electron chi connectivity index (χ3n) is 4.54. The summed E-state index contributed by atoms with van der Waals surface area (Å²) in [5.74, 6) is 1.37. The monoisotopic (exact) mass is 431 g/mol. The van der Waals surface area contributed by atoms with Gasteiger partial charge in [0.15, 0.2) is 6.10 Å². The maximum absolute atomic E-state index is 13.8. The van der Waals surface area contributed by atoms with Crippen molar-refractivity contribution < 1.29 is 13.9 Å². The summed E-state index contributed by atoms with van der Waals surface area (Å²) in [5, 5.41) is 5.39. The van der Waals surface area contributed by atoms with Crippen molar-refractivity contribution in [1.29, 1.82) is 0 Å². The van der Waals surface area contributed by atoms with E-state index in [0.717, 1.165) is 10.8 Å². The average molecular weight is 432 g/mol. The standard InChI is InChI=1S/C23H23ClFNO2S/c1-2-21(28-22-12-5-8-16-7-3-4-9-17(16)22)23(27)26-13-14-29-15-18-19(24)10-6-11-20(18)25/h3-12,21H,2,13-15H2,1H3,(H,26,27)/t21-/m1/s1. The summed E-state index contributed by atoms with van der Waals surface area (Å²) in [4.78, 5) is 12.5. The molecule has 29 heavy (non-hydrogen) atoms. The van der Waals surface area contributed by atoms with E-state index in [0.29, 0.717) is 40.8 Å². The molecule has 3 rings (SSSR count). The van der Waals surface area contributed by atoms with Crippen LogP contribution in [0.25, 0.3) is 10.8 Å². The van der Waals surface area contributed by atoms with E-state index < -0.39 is 6.10 Å². The van der Waals surface area contributed by atoms with Crippen LogP contribution in [0.1, 0.15) is 18.9 Å². The fraction of sp³-hybridized carbons (Fsp3) is 0.261. The van der Waals surface area contributed by atoms with Crippen LogP contribution in [-0.4, -0.2) is 24.3 Å². The Balaban J connectivity index is 1.50. The van der Waals surface area contributed by atoms with E-state index in [1.54, 1.807) is 12.1 Å². The van der Waals surface area contributed by atoms with Gasteiger partial charge in [0.25, 0.3) is 5.91 Å². The molecular formula is C23H23ClFNO2S. The fourth-order valence-corrected chi connectivity index (χ4v) is 4.18. The Morgan fingerprint density at radius 3 is 2.69 bits per heavy atom. The van der Waals surface area contributed by atoms with Gasteiger partial charge in [-0.2, -0.15) is 11.8 Å². The van der Waals surface area contributed by atoms with Crippen LogP contribution in [0.5, 0.6) is 5.75 Å². The average Bonchev–Trinajstić information content (AvgIpc) is 2.73. The summed E-state index contributed by atoms with van der Waals surface area (Å²) in [6.07, 6.45) is -0.000600. The van der Waals surface area contributed by atoms with Crippen molar-refractivity contribution in [3.8, 4) is 5.75 Å². The lowest BCUT2D eigenvalue weighted by molar-refractivity contribution is -0.127. The second-order valence-electron chi connectivity index (χ2n) is 6.54. The van der Waals surface area contributed by atoms with E-state index in [9.17, 15) is 9.18 Å². The van der Waals surface area contributed by atoms with Gasteiger partial charge in [-0.3, -0.25) is 4.79 Å². The first-order chi connectivity index (χ1) is 14.1. The molecule has 0 heterocycles. The lowest BCUT2D eigenvalue weighted by Gasteiger charge is -2.18. The van der Waals surface area contributed by atoms with Crippen LogP contribution < -0.4 is 10.1 Å². The van der Waals surface area contributed by atoms with E-state index in [1.807, 2.05) is 49.4 Å². The number of nitrogens with one attached hydrogen (secondary N) is 1. The van der Waals surface area contributed by atoms with Gasteiger partial charge in [-0.15, -0.1) is 0 Å². The van der Waals surface area contributed by atoms with Gasteiger partial charge in [0.05, 0.1) is 0 Å². The number of fused-ring (bicyclic) bond motifs is 1. The number of benzene rings is 3. The Hall–Kier alpha value is -2.24. The largest absolute Gasteiger partial charge is 0.480 e. The van der Waals surface area contributed by atoms with Crippen molar-refractivity contribution in [3.05, 3.63) is 77.1 Å². The molecule has 0 aliphatic rings. The number of rotatable bonds is 9. The Kier molecular flexibility index (Phi) is 7.78. The van der Waals surface area contributed by atoms with Crippen molar-refractivity contribution >= 4 is 40.0 Å². The summed E-state index contributed by atoms with van der Waals surface area (Å²) < 4.78 is 19.8. The molecule has 0 spiro atoms. The summed E-state index contributed by atoms with van der Waals surface area (Å²) in [6.45, 7) is 2.40. The maximum Gasteiger partial charge on any atom is 0.261 e. The van der Waals surface area contributed by atoms with Gasteiger partial charge < -0.3 is 10.1 Å². The second-order valence-corrected chi connectivity index (χ2v) is 8.05.